The van der Waals surface area contributed by atoms with Gasteiger partial charge in [-0.1, -0.05) is 25.3 Å². The molecule has 186 valence electrons. The van der Waals surface area contributed by atoms with Gasteiger partial charge in [0, 0.05) is 31.8 Å². The summed E-state index contributed by atoms with van der Waals surface area (Å²) in [5.74, 6) is 5.35. The third-order valence-corrected chi connectivity index (χ3v) is 9.52. The zero-order valence-corrected chi connectivity index (χ0v) is 21.3. The van der Waals surface area contributed by atoms with E-state index in [0.29, 0.717) is 24.8 Å². The van der Waals surface area contributed by atoms with Gasteiger partial charge in [0.2, 0.25) is 0 Å². The first-order valence-corrected chi connectivity index (χ1v) is 12.8. The monoisotopic (exact) mass is 479 g/mol. The van der Waals surface area contributed by atoms with E-state index in [1.807, 2.05) is 0 Å². The predicted molar refractivity (Wildman–Crippen MR) is 134 cm³/mol. The van der Waals surface area contributed by atoms with Gasteiger partial charge in [-0.3, -0.25) is 4.79 Å². The van der Waals surface area contributed by atoms with Crippen molar-refractivity contribution in [2.24, 2.45) is 23.2 Å². The Labute approximate surface area is 207 Å². The maximum absolute atomic E-state index is 15.2. The molecule has 1 aromatic rings. The highest BCUT2D eigenvalue weighted by Gasteiger charge is 2.65. The number of rotatable bonds is 2. The summed E-state index contributed by atoms with van der Waals surface area (Å²) in [6.45, 7) is 5.97. The second-order valence-corrected chi connectivity index (χ2v) is 11.5. The molecule has 2 saturated carbocycles. The quantitative estimate of drug-likeness (QED) is 0.535. The number of aliphatic hydroxyl groups is 1. The lowest BCUT2D eigenvalue weighted by atomic mass is 9.51. The van der Waals surface area contributed by atoms with Crippen LogP contribution in [0.1, 0.15) is 70.8 Å². The Hall–Kier alpha value is -2.45. The van der Waals surface area contributed by atoms with Crippen LogP contribution in [0.5, 0.6) is 0 Å². The summed E-state index contributed by atoms with van der Waals surface area (Å²) >= 11 is 0. The van der Waals surface area contributed by atoms with Crippen LogP contribution in [0.3, 0.4) is 0 Å². The molecule has 0 aromatic heterocycles. The van der Waals surface area contributed by atoms with Crippen molar-refractivity contribution in [2.75, 3.05) is 19.0 Å². The zero-order chi connectivity index (χ0) is 25.3. The molecule has 2 fully saturated rings. The van der Waals surface area contributed by atoms with E-state index in [4.69, 9.17) is 0 Å². The molecule has 3 nitrogen and oxygen atoms in total. The SMILES string of the molecule is CC#C[C@]1(O)[C@H](C)C[C@H]2[C@@H]3CCC4=CC(=O)CCC4=C3[C@@H](c3cc(F)c(N(C)C)c(F)c3)C[C@@]21C. The molecule has 35 heavy (non-hydrogen) atoms. The van der Waals surface area contributed by atoms with Crippen molar-refractivity contribution >= 4 is 11.5 Å². The second-order valence-electron chi connectivity index (χ2n) is 11.5. The van der Waals surface area contributed by atoms with Crippen LogP contribution in [0.15, 0.2) is 34.9 Å². The van der Waals surface area contributed by atoms with Crippen molar-refractivity contribution in [1.82, 2.24) is 0 Å². The van der Waals surface area contributed by atoms with E-state index < -0.39 is 22.7 Å². The number of hydrogen-bond acceptors (Lipinski definition) is 3. The van der Waals surface area contributed by atoms with Gasteiger partial charge < -0.3 is 10.0 Å². The fourth-order valence-electron chi connectivity index (χ4n) is 7.97. The van der Waals surface area contributed by atoms with Gasteiger partial charge in [-0.15, -0.1) is 5.92 Å². The van der Waals surface area contributed by atoms with Crippen LogP contribution in [-0.4, -0.2) is 30.6 Å². The normalized spacial score (nSPS) is 36.0. The van der Waals surface area contributed by atoms with Crippen LogP contribution < -0.4 is 4.90 Å². The molecule has 5 rings (SSSR count). The number of halogens is 2. The van der Waals surface area contributed by atoms with Crippen molar-refractivity contribution in [3.05, 3.63) is 52.1 Å². The lowest BCUT2D eigenvalue weighted by molar-refractivity contribution is -0.114. The Morgan fingerprint density at radius 1 is 1.14 bits per heavy atom. The average molecular weight is 480 g/mol. The molecule has 5 heteroatoms. The summed E-state index contributed by atoms with van der Waals surface area (Å²) in [6.07, 6.45) is 6.12. The lowest BCUT2D eigenvalue weighted by Gasteiger charge is -2.54. The van der Waals surface area contributed by atoms with Crippen LogP contribution in [0.4, 0.5) is 14.5 Å². The van der Waals surface area contributed by atoms with Gasteiger partial charge in [0.25, 0.3) is 0 Å². The van der Waals surface area contributed by atoms with E-state index in [1.54, 1.807) is 27.1 Å². The number of benzene rings is 1. The van der Waals surface area contributed by atoms with E-state index in [2.05, 4.69) is 25.7 Å². The summed E-state index contributed by atoms with van der Waals surface area (Å²) < 4.78 is 30.4. The van der Waals surface area contributed by atoms with E-state index >= 15 is 8.78 Å². The number of anilines is 1. The largest absolute Gasteiger partial charge is 0.377 e. The number of hydrogen-bond donors (Lipinski definition) is 1. The van der Waals surface area contributed by atoms with E-state index in [-0.39, 0.29) is 35.1 Å². The summed E-state index contributed by atoms with van der Waals surface area (Å²) in [5, 5.41) is 12.0. The van der Waals surface area contributed by atoms with Gasteiger partial charge in [0.1, 0.15) is 22.9 Å². The first-order valence-electron chi connectivity index (χ1n) is 12.8. The average Bonchev–Trinajstić information content (AvgIpc) is 2.98. The predicted octanol–water partition coefficient (Wildman–Crippen LogP) is 5.93. The highest BCUT2D eigenvalue weighted by Crippen LogP contribution is 2.68. The van der Waals surface area contributed by atoms with Gasteiger partial charge >= 0.3 is 0 Å². The highest BCUT2D eigenvalue weighted by molar-refractivity contribution is 5.93. The topological polar surface area (TPSA) is 40.5 Å². The molecule has 0 unspecified atom stereocenters. The minimum Gasteiger partial charge on any atom is -0.377 e. The molecule has 1 N–H and O–H groups in total. The van der Waals surface area contributed by atoms with Gasteiger partial charge in [-0.2, -0.15) is 0 Å². The first kappa shape index (κ1) is 24.3. The Bertz CT molecular complexity index is 1200. The van der Waals surface area contributed by atoms with Crippen LogP contribution >= 0.6 is 0 Å². The van der Waals surface area contributed by atoms with Crippen molar-refractivity contribution in [3.8, 4) is 11.8 Å². The van der Waals surface area contributed by atoms with E-state index in [1.165, 1.54) is 28.2 Å². The van der Waals surface area contributed by atoms with Crippen molar-refractivity contribution in [1.29, 1.82) is 0 Å². The number of nitrogens with zero attached hydrogens (tertiary/aromatic N) is 1. The lowest BCUT2D eigenvalue weighted by Crippen LogP contribution is -2.52. The molecule has 0 saturated heterocycles. The van der Waals surface area contributed by atoms with Crippen molar-refractivity contribution in [2.45, 2.75) is 70.8 Å². The van der Waals surface area contributed by atoms with Gasteiger partial charge in [-0.25, -0.2) is 8.78 Å². The number of fused-ring (bicyclic) bond motifs is 4. The standard InChI is InChI=1S/C30H35F2NO2/c1-6-11-30(35)17(2)12-24-22-9-7-18-13-20(34)8-10-21(18)27(22)23(16-29(24,30)3)19-14-25(31)28(33(4)5)26(32)15-19/h13-15,17,22-24,35H,7-10,12,16H2,1-5H3/t17-,22+,23-,24+,29+,30+/m1/s1. The smallest absolute Gasteiger partial charge is 0.156 e. The fourth-order valence-corrected chi connectivity index (χ4v) is 7.97. The van der Waals surface area contributed by atoms with Crippen molar-refractivity contribution in [3.63, 3.8) is 0 Å². The van der Waals surface area contributed by atoms with E-state index in [0.717, 1.165) is 24.8 Å². The minimum absolute atomic E-state index is 0.00409. The van der Waals surface area contributed by atoms with Crippen LogP contribution in [0.2, 0.25) is 0 Å². The molecule has 4 aliphatic carbocycles. The number of carbonyl (C=O) groups is 1. The van der Waals surface area contributed by atoms with Crippen LogP contribution in [0, 0.1) is 46.6 Å². The summed E-state index contributed by atoms with van der Waals surface area (Å²) in [7, 11) is 3.27. The fraction of sp³-hybridized carbons (Fsp3) is 0.567. The molecule has 0 heterocycles. The first-order chi connectivity index (χ1) is 16.5. The third-order valence-electron chi connectivity index (χ3n) is 9.52. The molecule has 1 aromatic carbocycles. The van der Waals surface area contributed by atoms with Gasteiger partial charge in [0.05, 0.1) is 0 Å². The molecule has 0 bridgehead atoms. The molecule has 0 spiro atoms. The number of allylic oxidation sites excluding steroid dienone is 4. The molecular weight excluding hydrogens is 444 g/mol. The molecular formula is C30H35F2NO2. The third kappa shape index (κ3) is 3.44. The number of ketones is 1. The van der Waals surface area contributed by atoms with Crippen LogP contribution in [-0.2, 0) is 4.79 Å². The Morgan fingerprint density at radius 3 is 2.46 bits per heavy atom. The maximum Gasteiger partial charge on any atom is 0.156 e. The molecule has 0 aliphatic heterocycles. The number of carbonyl (C=O) groups excluding carboxylic acids is 1. The summed E-state index contributed by atoms with van der Waals surface area (Å²) in [4.78, 5) is 13.7. The minimum atomic E-state index is -1.15. The highest BCUT2D eigenvalue weighted by atomic mass is 19.1. The van der Waals surface area contributed by atoms with Gasteiger partial charge in [0.15, 0.2) is 5.78 Å². The van der Waals surface area contributed by atoms with E-state index in [9.17, 15) is 9.90 Å². The Morgan fingerprint density at radius 2 is 1.83 bits per heavy atom. The molecule has 4 aliphatic rings. The summed E-state index contributed by atoms with van der Waals surface area (Å²) in [6, 6.07) is 2.96. The van der Waals surface area contributed by atoms with Crippen molar-refractivity contribution < 1.29 is 18.7 Å². The van der Waals surface area contributed by atoms with Gasteiger partial charge in [-0.05, 0) is 91.7 Å². The molecule has 6 atom stereocenters. The zero-order valence-electron chi connectivity index (χ0n) is 21.3. The summed E-state index contributed by atoms with van der Waals surface area (Å²) in [5.41, 5.74) is 2.47. The Kier molecular flexibility index (Phi) is 5.75. The molecule has 0 amide bonds. The molecule has 0 radical (unpaired) electrons. The van der Waals surface area contributed by atoms with Crippen LogP contribution in [0.25, 0.3) is 0 Å². The maximum atomic E-state index is 15.2. The second kappa shape index (κ2) is 8.30. The Balaban J connectivity index is 1.73.